The summed E-state index contributed by atoms with van der Waals surface area (Å²) in [6.45, 7) is 2.05. The first-order chi connectivity index (χ1) is 10.7. The predicted octanol–water partition coefficient (Wildman–Crippen LogP) is 3.27. The van der Waals surface area contributed by atoms with Gasteiger partial charge in [0.05, 0.1) is 5.56 Å². The van der Waals surface area contributed by atoms with E-state index in [0.717, 1.165) is 12.1 Å². The summed E-state index contributed by atoms with van der Waals surface area (Å²) in [7, 11) is 0. The maximum atomic E-state index is 12.7. The van der Waals surface area contributed by atoms with Gasteiger partial charge in [0.15, 0.2) is 0 Å². The molecule has 23 heavy (non-hydrogen) atoms. The van der Waals surface area contributed by atoms with Crippen molar-refractivity contribution >= 4 is 11.9 Å². The van der Waals surface area contributed by atoms with Crippen molar-refractivity contribution in [3.63, 3.8) is 0 Å². The monoisotopic (exact) mass is 329 g/mol. The van der Waals surface area contributed by atoms with Crippen molar-refractivity contribution in [3.05, 3.63) is 35.4 Å². The molecule has 1 fully saturated rings. The summed E-state index contributed by atoms with van der Waals surface area (Å²) < 4.78 is 38.2. The Balaban J connectivity index is 2.08. The molecule has 126 valence electrons. The predicted molar refractivity (Wildman–Crippen MR) is 76.8 cm³/mol. The van der Waals surface area contributed by atoms with Crippen LogP contribution in [0.25, 0.3) is 0 Å². The largest absolute Gasteiger partial charge is 0.480 e. The minimum Gasteiger partial charge on any atom is -0.480 e. The van der Waals surface area contributed by atoms with Gasteiger partial charge in [0.1, 0.15) is 6.04 Å². The van der Waals surface area contributed by atoms with E-state index in [-0.39, 0.29) is 12.3 Å². The third-order valence-corrected chi connectivity index (χ3v) is 4.12. The molecule has 1 heterocycles. The molecule has 1 aromatic rings. The standard InChI is InChI=1S/C16H18F3NO3/c1-10(11-4-2-5-12(9-11)16(17,18)19)8-14(21)20-7-3-6-13(20)15(22)23/h2,4-5,9-10,13H,3,6-8H2,1H3,(H,22,23)/t10?,13-/m1/s1. The van der Waals surface area contributed by atoms with Gasteiger partial charge in [0.25, 0.3) is 0 Å². The van der Waals surface area contributed by atoms with E-state index in [2.05, 4.69) is 0 Å². The Morgan fingerprint density at radius 3 is 2.70 bits per heavy atom. The second kappa shape index (κ2) is 6.60. The molecule has 0 aromatic heterocycles. The second-order valence-electron chi connectivity index (χ2n) is 5.81. The molecule has 0 spiro atoms. The van der Waals surface area contributed by atoms with Gasteiger partial charge < -0.3 is 10.0 Å². The molecule has 0 saturated carbocycles. The minimum atomic E-state index is -4.43. The number of hydrogen-bond acceptors (Lipinski definition) is 2. The van der Waals surface area contributed by atoms with Crippen LogP contribution < -0.4 is 0 Å². The molecular weight excluding hydrogens is 311 g/mol. The van der Waals surface area contributed by atoms with Crippen molar-refractivity contribution in [2.75, 3.05) is 6.54 Å². The van der Waals surface area contributed by atoms with E-state index in [1.807, 2.05) is 0 Å². The number of carboxylic acids is 1. The minimum absolute atomic E-state index is 0.00884. The molecule has 1 saturated heterocycles. The van der Waals surface area contributed by atoms with Crippen LogP contribution >= 0.6 is 0 Å². The zero-order valence-corrected chi connectivity index (χ0v) is 12.6. The number of likely N-dealkylation sites (tertiary alicyclic amines) is 1. The van der Waals surface area contributed by atoms with Crippen LogP contribution in [0.3, 0.4) is 0 Å². The van der Waals surface area contributed by atoms with Gasteiger partial charge in [0, 0.05) is 13.0 Å². The van der Waals surface area contributed by atoms with E-state index in [1.54, 1.807) is 13.0 Å². The van der Waals surface area contributed by atoms with Crippen LogP contribution in [0.5, 0.6) is 0 Å². The molecule has 0 radical (unpaired) electrons. The molecule has 1 aliphatic rings. The number of amides is 1. The number of carbonyl (C=O) groups is 2. The number of benzene rings is 1. The van der Waals surface area contributed by atoms with Crippen molar-refractivity contribution in [1.29, 1.82) is 0 Å². The first-order valence-corrected chi connectivity index (χ1v) is 7.39. The highest BCUT2D eigenvalue weighted by molar-refractivity contribution is 5.84. The first-order valence-electron chi connectivity index (χ1n) is 7.39. The molecule has 0 bridgehead atoms. The molecule has 2 atom stereocenters. The Morgan fingerprint density at radius 2 is 2.09 bits per heavy atom. The van der Waals surface area contributed by atoms with Crippen molar-refractivity contribution in [3.8, 4) is 0 Å². The third kappa shape index (κ3) is 4.03. The molecule has 1 amide bonds. The van der Waals surface area contributed by atoms with Gasteiger partial charge in [-0.3, -0.25) is 4.79 Å². The fourth-order valence-corrected chi connectivity index (χ4v) is 2.84. The van der Waals surface area contributed by atoms with Gasteiger partial charge >= 0.3 is 12.1 Å². The molecule has 1 N–H and O–H groups in total. The Kier molecular flexibility index (Phi) is 4.97. The highest BCUT2D eigenvalue weighted by Crippen LogP contribution is 2.32. The number of carbonyl (C=O) groups excluding carboxylic acids is 1. The van der Waals surface area contributed by atoms with Crippen LogP contribution in [-0.4, -0.2) is 34.5 Å². The number of alkyl halides is 3. The normalized spacial score (nSPS) is 19.7. The zero-order valence-electron chi connectivity index (χ0n) is 12.6. The lowest BCUT2D eigenvalue weighted by Crippen LogP contribution is -2.40. The molecule has 1 aliphatic heterocycles. The van der Waals surface area contributed by atoms with Crippen LogP contribution in [0, 0.1) is 0 Å². The second-order valence-corrected chi connectivity index (χ2v) is 5.81. The Morgan fingerprint density at radius 1 is 1.39 bits per heavy atom. The lowest BCUT2D eigenvalue weighted by atomic mass is 9.95. The zero-order chi connectivity index (χ0) is 17.2. The molecule has 7 heteroatoms. The summed E-state index contributed by atoms with van der Waals surface area (Å²) in [6, 6.07) is 4.06. The Hall–Kier alpha value is -2.05. The maximum Gasteiger partial charge on any atom is 0.416 e. The average Bonchev–Trinajstić information content (AvgIpc) is 2.96. The van der Waals surface area contributed by atoms with Gasteiger partial charge in [-0.05, 0) is 30.4 Å². The van der Waals surface area contributed by atoms with Crippen LogP contribution in [0.4, 0.5) is 13.2 Å². The lowest BCUT2D eigenvalue weighted by Gasteiger charge is -2.23. The van der Waals surface area contributed by atoms with Crippen molar-refractivity contribution in [2.45, 2.75) is 44.3 Å². The summed E-state index contributed by atoms with van der Waals surface area (Å²) >= 11 is 0. The van der Waals surface area contributed by atoms with Crippen LogP contribution in [-0.2, 0) is 15.8 Å². The molecule has 0 aliphatic carbocycles. The molecule has 1 unspecified atom stereocenters. The quantitative estimate of drug-likeness (QED) is 0.922. The van der Waals surface area contributed by atoms with E-state index in [4.69, 9.17) is 5.11 Å². The topological polar surface area (TPSA) is 57.6 Å². The number of hydrogen-bond donors (Lipinski definition) is 1. The number of aliphatic carboxylic acids is 1. The van der Waals surface area contributed by atoms with Crippen molar-refractivity contribution in [2.24, 2.45) is 0 Å². The SMILES string of the molecule is CC(CC(=O)N1CCC[C@@H]1C(=O)O)c1cccc(C(F)(F)F)c1. The summed E-state index contributed by atoms with van der Waals surface area (Å²) in [5.41, 5.74) is -0.335. The lowest BCUT2D eigenvalue weighted by molar-refractivity contribution is -0.148. The molecule has 4 nitrogen and oxygen atoms in total. The van der Waals surface area contributed by atoms with Crippen LogP contribution in [0.2, 0.25) is 0 Å². The molecular formula is C16H18F3NO3. The number of nitrogens with zero attached hydrogens (tertiary/aromatic N) is 1. The third-order valence-electron chi connectivity index (χ3n) is 4.12. The highest BCUT2D eigenvalue weighted by atomic mass is 19.4. The molecule has 1 aromatic carbocycles. The van der Waals surface area contributed by atoms with Crippen molar-refractivity contribution in [1.82, 2.24) is 4.90 Å². The van der Waals surface area contributed by atoms with Gasteiger partial charge in [-0.2, -0.15) is 13.2 Å². The Labute approximate surface area is 131 Å². The van der Waals surface area contributed by atoms with E-state index < -0.39 is 29.7 Å². The Bertz CT molecular complexity index is 600. The number of halogens is 3. The average molecular weight is 329 g/mol. The fraction of sp³-hybridized carbons (Fsp3) is 0.500. The number of carboxylic acid groups (broad SMARTS) is 1. The van der Waals surface area contributed by atoms with Gasteiger partial charge in [-0.15, -0.1) is 0 Å². The summed E-state index contributed by atoms with van der Waals surface area (Å²) in [6.07, 6.45) is -3.39. The smallest absolute Gasteiger partial charge is 0.416 e. The fourth-order valence-electron chi connectivity index (χ4n) is 2.84. The van der Waals surface area contributed by atoms with Crippen molar-refractivity contribution < 1.29 is 27.9 Å². The van der Waals surface area contributed by atoms with Gasteiger partial charge in [-0.25, -0.2) is 4.79 Å². The number of rotatable bonds is 4. The summed E-state index contributed by atoms with van der Waals surface area (Å²) in [5, 5.41) is 9.09. The van der Waals surface area contributed by atoms with E-state index in [9.17, 15) is 22.8 Å². The van der Waals surface area contributed by atoms with Crippen LogP contribution in [0.15, 0.2) is 24.3 Å². The van der Waals surface area contributed by atoms with Gasteiger partial charge in [-0.1, -0.05) is 25.1 Å². The highest BCUT2D eigenvalue weighted by Gasteiger charge is 2.35. The summed E-state index contributed by atoms with van der Waals surface area (Å²) in [5.74, 6) is -1.79. The maximum absolute atomic E-state index is 12.7. The van der Waals surface area contributed by atoms with Gasteiger partial charge in [0.2, 0.25) is 5.91 Å². The van der Waals surface area contributed by atoms with Crippen LogP contribution in [0.1, 0.15) is 43.2 Å². The first kappa shape index (κ1) is 17.3. The summed E-state index contributed by atoms with van der Waals surface area (Å²) in [4.78, 5) is 24.7. The van der Waals surface area contributed by atoms with E-state index >= 15 is 0 Å². The van der Waals surface area contributed by atoms with E-state index in [0.29, 0.717) is 24.9 Å². The molecule has 2 rings (SSSR count). The van der Waals surface area contributed by atoms with E-state index in [1.165, 1.54) is 11.0 Å².